The molecule has 3 aromatic carbocycles. The largest absolute Gasteiger partial charge is 0.379 e. The van der Waals surface area contributed by atoms with Gasteiger partial charge in [-0.25, -0.2) is 8.42 Å². The molecule has 0 unspecified atom stereocenters. The molecule has 1 N–H and O–H groups in total. The van der Waals surface area contributed by atoms with Gasteiger partial charge in [-0.1, -0.05) is 59.7 Å². The highest BCUT2D eigenvalue weighted by atomic mass is 32.2. The number of hydrogen-bond acceptors (Lipinski definition) is 4. The van der Waals surface area contributed by atoms with E-state index in [4.69, 9.17) is 0 Å². The number of anilines is 1. The topological polar surface area (TPSA) is 59.1 Å². The van der Waals surface area contributed by atoms with Crippen LogP contribution in [0, 0.1) is 13.8 Å². The molecule has 1 aromatic heterocycles. The Balaban J connectivity index is 1.87. The van der Waals surface area contributed by atoms with E-state index in [0.717, 1.165) is 27.6 Å². The monoisotopic (exact) mass is 402 g/mol. The fraction of sp³-hybridized carbons (Fsp3) is 0.125. The number of pyridine rings is 1. The number of aromatic nitrogens is 1. The molecule has 146 valence electrons. The fourth-order valence-electron chi connectivity index (χ4n) is 3.30. The molecule has 0 aliphatic heterocycles. The van der Waals surface area contributed by atoms with E-state index in [1.54, 1.807) is 12.1 Å². The summed E-state index contributed by atoms with van der Waals surface area (Å²) < 4.78 is 26.9. The Hall–Kier alpha value is -3.18. The Labute approximate surface area is 171 Å². The van der Waals surface area contributed by atoms with Crippen molar-refractivity contribution in [3.8, 4) is 0 Å². The number of nitrogens with one attached hydrogen (secondary N) is 1. The fourth-order valence-corrected chi connectivity index (χ4v) is 4.70. The van der Waals surface area contributed by atoms with Crippen LogP contribution in [0.25, 0.3) is 10.9 Å². The van der Waals surface area contributed by atoms with E-state index in [2.05, 4.69) is 10.3 Å². The van der Waals surface area contributed by atoms with Crippen molar-refractivity contribution in [3.05, 3.63) is 95.7 Å². The van der Waals surface area contributed by atoms with Crippen LogP contribution in [0.4, 0.5) is 5.69 Å². The standard InChI is InChI=1S/C24H22N2O2S/c1-17-8-11-20(12-9-17)29(27,28)23-16-25-22-13-10-18(2)14-21(22)24(23)26-15-19-6-4-3-5-7-19/h3-14,16H,15H2,1-2H3,(H,25,26). The van der Waals surface area contributed by atoms with E-state index < -0.39 is 9.84 Å². The summed E-state index contributed by atoms with van der Waals surface area (Å²) in [4.78, 5) is 4.88. The van der Waals surface area contributed by atoms with Gasteiger partial charge in [-0.15, -0.1) is 0 Å². The third kappa shape index (κ3) is 3.87. The lowest BCUT2D eigenvalue weighted by Crippen LogP contribution is -2.09. The van der Waals surface area contributed by atoms with Crippen LogP contribution in [0.1, 0.15) is 16.7 Å². The highest BCUT2D eigenvalue weighted by Gasteiger charge is 2.24. The smallest absolute Gasteiger partial charge is 0.210 e. The minimum Gasteiger partial charge on any atom is -0.379 e. The zero-order valence-electron chi connectivity index (χ0n) is 16.4. The first-order chi connectivity index (χ1) is 13.9. The highest BCUT2D eigenvalue weighted by Crippen LogP contribution is 2.34. The van der Waals surface area contributed by atoms with Crippen molar-refractivity contribution in [1.82, 2.24) is 4.98 Å². The number of nitrogens with zero attached hydrogens (tertiary/aromatic N) is 1. The number of fused-ring (bicyclic) bond motifs is 1. The van der Waals surface area contributed by atoms with Gasteiger partial charge in [0.05, 0.1) is 16.1 Å². The van der Waals surface area contributed by atoms with Gasteiger partial charge >= 0.3 is 0 Å². The zero-order valence-corrected chi connectivity index (χ0v) is 17.2. The summed E-state index contributed by atoms with van der Waals surface area (Å²) in [5.74, 6) is 0. The molecule has 0 bridgehead atoms. The second-order valence-electron chi connectivity index (χ2n) is 7.17. The predicted molar refractivity (Wildman–Crippen MR) is 117 cm³/mol. The van der Waals surface area contributed by atoms with E-state index in [1.165, 1.54) is 6.20 Å². The van der Waals surface area contributed by atoms with Gasteiger partial charge in [0.1, 0.15) is 4.90 Å². The van der Waals surface area contributed by atoms with Crippen LogP contribution in [-0.2, 0) is 16.4 Å². The maximum Gasteiger partial charge on any atom is 0.210 e. The van der Waals surface area contributed by atoms with Crippen LogP contribution in [0.5, 0.6) is 0 Å². The van der Waals surface area contributed by atoms with Crippen LogP contribution in [0.15, 0.2) is 88.8 Å². The van der Waals surface area contributed by atoms with E-state index >= 15 is 0 Å². The van der Waals surface area contributed by atoms with Crippen molar-refractivity contribution < 1.29 is 8.42 Å². The van der Waals surface area contributed by atoms with Gasteiger partial charge in [0.2, 0.25) is 9.84 Å². The lowest BCUT2D eigenvalue weighted by Gasteiger charge is -2.16. The van der Waals surface area contributed by atoms with Gasteiger partial charge in [0.15, 0.2) is 0 Å². The summed E-state index contributed by atoms with van der Waals surface area (Å²) in [7, 11) is -3.72. The Bertz CT molecular complexity index is 1270. The van der Waals surface area contributed by atoms with E-state index in [9.17, 15) is 8.42 Å². The molecule has 0 radical (unpaired) electrons. The summed E-state index contributed by atoms with van der Waals surface area (Å²) in [5.41, 5.74) is 4.48. The number of sulfone groups is 1. The SMILES string of the molecule is Cc1ccc(S(=O)(=O)c2cnc3ccc(C)cc3c2NCc2ccccc2)cc1. The first-order valence-electron chi connectivity index (χ1n) is 9.44. The van der Waals surface area contributed by atoms with Crippen molar-refractivity contribution >= 4 is 26.4 Å². The summed E-state index contributed by atoms with van der Waals surface area (Å²) in [5, 5.41) is 4.17. The molecule has 0 spiro atoms. The lowest BCUT2D eigenvalue weighted by atomic mass is 10.1. The van der Waals surface area contributed by atoms with Gasteiger partial charge in [0, 0.05) is 18.1 Å². The van der Waals surface area contributed by atoms with Gasteiger partial charge in [-0.05, 0) is 43.7 Å². The van der Waals surface area contributed by atoms with Crippen LogP contribution in [-0.4, -0.2) is 13.4 Å². The molecule has 0 aliphatic rings. The molecule has 0 saturated heterocycles. The first kappa shape index (κ1) is 19.2. The Morgan fingerprint density at radius 3 is 2.28 bits per heavy atom. The van der Waals surface area contributed by atoms with Gasteiger partial charge in [0.25, 0.3) is 0 Å². The summed E-state index contributed by atoms with van der Waals surface area (Å²) >= 11 is 0. The summed E-state index contributed by atoms with van der Waals surface area (Å²) in [6.45, 7) is 4.44. The molecule has 0 saturated carbocycles. The van der Waals surface area contributed by atoms with Crippen molar-refractivity contribution in [2.75, 3.05) is 5.32 Å². The number of aryl methyl sites for hydroxylation is 2. The molecular formula is C24H22N2O2S. The Kier molecular flexibility index (Phi) is 5.07. The van der Waals surface area contributed by atoms with Crippen molar-refractivity contribution in [3.63, 3.8) is 0 Å². The zero-order chi connectivity index (χ0) is 20.4. The average molecular weight is 403 g/mol. The molecule has 1 heterocycles. The quantitative estimate of drug-likeness (QED) is 0.492. The van der Waals surface area contributed by atoms with Crippen LogP contribution in [0.2, 0.25) is 0 Å². The number of hydrogen-bond donors (Lipinski definition) is 1. The molecule has 5 heteroatoms. The molecule has 4 nitrogen and oxygen atoms in total. The second kappa shape index (κ2) is 7.68. The molecule has 4 rings (SSSR count). The first-order valence-corrected chi connectivity index (χ1v) is 10.9. The highest BCUT2D eigenvalue weighted by molar-refractivity contribution is 7.91. The molecular weight excluding hydrogens is 380 g/mol. The van der Waals surface area contributed by atoms with E-state index in [-0.39, 0.29) is 9.79 Å². The van der Waals surface area contributed by atoms with Gasteiger partial charge in [-0.2, -0.15) is 0 Å². The lowest BCUT2D eigenvalue weighted by molar-refractivity contribution is 0.596. The molecule has 0 atom stereocenters. The van der Waals surface area contributed by atoms with Gasteiger partial charge in [-0.3, -0.25) is 4.98 Å². The third-order valence-corrected chi connectivity index (χ3v) is 6.70. The minimum absolute atomic E-state index is 0.190. The molecule has 4 aromatic rings. The van der Waals surface area contributed by atoms with Gasteiger partial charge < -0.3 is 5.32 Å². The maximum absolute atomic E-state index is 13.4. The van der Waals surface area contributed by atoms with Crippen molar-refractivity contribution in [1.29, 1.82) is 0 Å². The van der Waals surface area contributed by atoms with Crippen molar-refractivity contribution in [2.45, 2.75) is 30.2 Å². The van der Waals surface area contributed by atoms with Crippen LogP contribution >= 0.6 is 0 Å². The maximum atomic E-state index is 13.4. The second-order valence-corrected chi connectivity index (χ2v) is 9.09. The minimum atomic E-state index is -3.72. The Morgan fingerprint density at radius 1 is 0.862 bits per heavy atom. The average Bonchev–Trinajstić information content (AvgIpc) is 2.73. The van der Waals surface area contributed by atoms with E-state index in [1.807, 2.05) is 74.5 Å². The van der Waals surface area contributed by atoms with E-state index in [0.29, 0.717) is 12.2 Å². The van der Waals surface area contributed by atoms with Crippen molar-refractivity contribution in [2.24, 2.45) is 0 Å². The predicted octanol–water partition coefficient (Wildman–Crippen LogP) is 5.30. The van der Waals surface area contributed by atoms with Crippen LogP contribution < -0.4 is 5.32 Å². The summed E-state index contributed by atoms with van der Waals surface area (Å²) in [6.07, 6.45) is 1.46. The number of rotatable bonds is 5. The summed E-state index contributed by atoms with van der Waals surface area (Å²) in [6, 6.07) is 22.7. The normalized spacial score (nSPS) is 11.5. The Morgan fingerprint density at radius 2 is 1.55 bits per heavy atom. The number of benzene rings is 3. The molecule has 0 amide bonds. The molecule has 0 aliphatic carbocycles. The third-order valence-electron chi connectivity index (χ3n) is 4.92. The van der Waals surface area contributed by atoms with Crippen LogP contribution in [0.3, 0.4) is 0 Å². The molecule has 29 heavy (non-hydrogen) atoms. The molecule has 0 fully saturated rings.